The summed E-state index contributed by atoms with van der Waals surface area (Å²) in [7, 11) is -2.33. The summed E-state index contributed by atoms with van der Waals surface area (Å²) < 4.78 is 31.5. The van der Waals surface area contributed by atoms with Crippen molar-refractivity contribution in [2.75, 3.05) is 4.72 Å². The van der Waals surface area contributed by atoms with Gasteiger partial charge in [-0.05, 0) is 56.2 Å². The van der Waals surface area contributed by atoms with Gasteiger partial charge in [0.15, 0.2) is 0 Å². The van der Waals surface area contributed by atoms with Gasteiger partial charge in [0.05, 0.1) is 16.3 Å². The lowest BCUT2D eigenvalue weighted by atomic mass is 10.1. The van der Waals surface area contributed by atoms with Crippen LogP contribution in [0.1, 0.15) is 54.6 Å². The van der Waals surface area contributed by atoms with Crippen LogP contribution in [0, 0.1) is 6.92 Å². The molecular formula is C25H30N4O4S. The van der Waals surface area contributed by atoms with Crippen molar-refractivity contribution in [1.82, 2.24) is 14.7 Å². The quantitative estimate of drug-likeness (QED) is 0.523. The van der Waals surface area contributed by atoms with Gasteiger partial charge in [-0.25, -0.2) is 13.1 Å². The first-order valence-corrected chi connectivity index (χ1v) is 13.0. The van der Waals surface area contributed by atoms with Gasteiger partial charge in [-0.2, -0.15) is 0 Å². The van der Waals surface area contributed by atoms with Crippen molar-refractivity contribution in [2.45, 2.75) is 56.4 Å². The van der Waals surface area contributed by atoms with Crippen LogP contribution in [0.5, 0.6) is 0 Å². The Kier molecular flexibility index (Phi) is 6.92. The predicted octanol–water partition coefficient (Wildman–Crippen LogP) is 3.74. The number of rotatable bonds is 6. The van der Waals surface area contributed by atoms with E-state index < -0.39 is 15.6 Å². The summed E-state index contributed by atoms with van der Waals surface area (Å²) >= 11 is 0. The first kappa shape index (κ1) is 23.8. The van der Waals surface area contributed by atoms with Crippen LogP contribution in [0.3, 0.4) is 0 Å². The summed E-state index contributed by atoms with van der Waals surface area (Å²) in [6.07, 6.45) is 6.56. The first-order chi connectivity index (χ1) is 16.3. The van der Waals surface area contributed by atoms with E-state index in [0.29, 0.717) is 16.9 Å². The number of carbonyl (C=O) groups is 1. The molecule has 9 heteroatoms. The molecule has 2 N–H and O–H groups in total. The third-order valence-electron chi connectivity index (χ3n) is 6.41. The monoisotopic (exact) mass is 482 g/mol. The van der Waals surface area contributed by atoms with Gasteiger partial charge in [0.2, 0.25) is 0 Å². The molecule has 8 nitrogen and oxygen atoms in total. The minimum absolute atomic E-state index is 0.0125. The Morgan fingerprint density at radius 3 is 2.18 bits per heavy atom. The zero-order valence-electron chi connectivity index (χ0n) is 19.5. The largest absolute Gasteiger partial charge is 0.349 e. The number of hydrogen-bond acceptors (Lipinski definition) is 4. The van der Waals surface area contributed by atoms with E-state index in [-0.39, 0.29) is 22.5 Å². The molecule has 0 radical (unpaired) electrons. The van der Waals surface area contributed by atoms with Crippen molar-refractivity contribution in [3.63, 3.8) is 0 Å². The molecular weight excluding hydrogens is 452 g/mol. The summed E-state index contributed by atoms with van der Waals surface area (Å²) in [5.74, 6) is -0.201. The molecule has 0 unspecified atom stereocenters. The van der Waals surface area contributed by atoms with E-state index in [4.69, 9.17) is 0 Å². The highest BCUT2D eigenvalue weighted by atomic mass is 32.2. The molecule has 0 saturated heterocycles. The second kappa shape index (κ2) is 9.89. The minimum atomic E-state index is -4.03. The van der Waals surface area contributed by atoms with Crippen molar-refractivity contribution in [2.24, 2.45) is 7.05 Å². The number of sulfonamides is 1. The van der Waals surface area contributed by atoms with Gasteiger partial charge < -0.3 is 5.32 Å². The lowest BCUT2D eigenvalue weighted by Crippen LogP contribution is -2.34. The van der Waals surface area contributed by atoms with Crippen LogP contribution in [0.15, 0.2) is 64.3 Å². The van der Waals surface area contributed by atoms with Crippen molar-refractivity contribution < 1.29 is 13.2 Å². The van der Waals surface area contributed by atoms with Crippen LogP contribution < -0.4 is 15.6 Å². The number of nitrogens with zero attached hydrogens (tertiary/aromatic N) is 2. The Balaban J connectivity index is 1.53. The molecule has 0 spiro atoms. The zero-order chi connectivity index (χ0) is 24.3. The molecule has 1 fully saturated rings. The number of para-hydroxylation sites is 1. The number of carbonyl (C=O) groups excluding carboxylic acids is 1. The van der Waals surface area contributed by atoms with Crippen molar-refractivity contribution in [3.05, 3.63) is 76.2 Å². The maximum Gasteiger partial charge on any atom is 0.296 e. The average Bonchev–Trinajstić information content (AvgIpc) is 3.01. The van der Waals surface area contributed by atoms with Gasteiger partial charge in [-0.1, -0.05) is 43.9 Å². The molecule has 3 aromatic rings. The van der Waals surface area contributed by atoms with E-state index in [9.17, 15) is 18.0 Å². The van der Waals surface area contributed by atoms with Crippen molar-refractivity contribution >= 4 is 21.6 Å². The Hall–Kier alpha value is -3.33. The summed E-state index contributed by atoms with van der Waals surface area (Å²) in [5.41, 5.74) is 1.05. The standard InChI is InChI=1S/C25H30N4O4S/c1-18-23(25(31)29(28(18)2)21-12-8-5-9-13-21)27-34(32,33)22-16-14-19(15-17-22)24(30)26-20-10-6-3-4-7-11-20/h5,8-9,12-17,20,27H,3-4,6-7,10-11H2,1-2H3,(H,26,30). The number of benzene rings is 2. The highest BCUT2D eigenvalue weighted by molar-refractivity contribution is 7.92. The van der Waals surface area contributed by atoms with Gasteiger partial charge in [-0.15, -0.1) is 0 Å². The molecule has 1 aliphatic carbocycles. The Bertz CT molecular complexity index is 1320. The second-order valence-corrected chi connectivity index (χ2v) is 10.4. The fourth-order valence-electron chi connectivity index (χ4n) is 4.36. The fraction of sp³-hybridized carbons (Fsp3) is 0.360. The normalized spacial score (nSPS) is 15.0. The van der Waals surface area contributed by atoms with Crippen LogP contribution in [-0.4, -0.2) is 29.7 Å². The number of anilines is 1. The van der Waals surface area contributed by atoms with Gasteiger partial charge in [0, 0.05) is 18.7 Å². The fourth-order valence-corrected chi connectivity index (χ4v) is 5.47. The maximum atomic E-state index is 13.0. The molecule has 1 aromatic heterocycles. The van der Waals surface area contributed by atoms with Crippen molar-refractivity contribution in [1.29, 1.82) is 0 Å². The smallest absolute Gasteiger partial charge is 0.296 e. The predicted molar refractivity (Wildman–Crippen MR) is 132 cm³/mol. The van der Waals surface area contributed by atoms with Crippen LogP contribution in [-0.2, 0) is 17.1 Å². The molecule has 1 heterocycles. The first-order valence-electron chi connectivity index (χ1n) is 11.6. The molecule has 180 valence electrons. The minimum Gasteiger partial charge on any atom is -0.349 e. The van der Waals surface area contributed by atoms with E-state index in [2.05, 4.69) is 10.0 Å². The summed E-state index contributed by atoms with van der Waals surface area (Å²) in [6.45, 7) is 1.68. The number of hydrogen-bond donors (Lipinski definition) is 2. The van der Waals surface area contributed by atoms with E-state index in [0.717, 1.165) is 25.7 Å². The van der Waals surface area contributed by atoms with Crippen molar-refractivity contribution in [3.8, 4) is 5.69 Å². The third-order valence-corrected chi connectivity index (χ3v) is 7.77. The van der Waals surface area contributed by atoms with E-state index in [1.54, 1.807) is 30.8 Å². The Morgan fingerprint density at radius 1 is 0.941 bits per heavy atom. The Morgan fingerprint density at radius 2 is 1.56 bits per heavy atom. The molecule has 1 amide bonds. The van der Waals surface area contributed by atoms with Crippen LogP contribution in [0.4, 0.5) is 5.69 Å². The maximum absolute atomic E-state index is 13.0. The van der Waals surface area contributed by atoms with Crippen LogP contribution in [0.25, 0.3) is 5.69 Å². The van der Waals surface area contributed by atoms with Gasteiger partial charge >= 0.3 is 0 Å². The number of aromatic nitrogens is 2. The summed E-state index contributed by atoms with van der Waals surface area (Å²) in [5, 5.41) is 3.06. The SMILES string of the molecule is Cc1c(NS(=O)(=O)c2ccc(C(=O)NC3CCCCCC3)cc2)c(=O)n(-c2ccccc2)n1C. The third kappa shape index (κ3) is 4.94. The molecule has 0 aliphatic heterocycles. The van der Waals surface area contributed by atoms with E-state index in [1.807, 2.05) is 18.2 Å². The molecule has 34 heavy (non-hydrogen) atoms. The molecule has 1 saturated carbocycles. The topological polar surface area (TPSA) is 102 Å². The highest BCUT2D eigenvalue weighted by Gasteiger charge is 2.23. The van der Waals surface area contributed by atoms with Gasteiger partial charge in [-0.3, -0.25) is 19.0 Å². The lowest BCUT2D eigenvalue weighted by Gasteiger charge is -2.16. The number of nitrogens with one attached hydrogen (secondary N) is 2. The van der Waals surface area contributed by atoms with Gasteiger partial charge in [0.1, 0.15) is 5.69 Å². The zero-order valence-corrected chi connectivity index (χ0v) is 20.3. The summed E-state index contributed by atoms with van der Waals surface area (Å²) in [6, 6.07) is 14.9. The van der Waals surface area contributed by atoms with Crippen LogP contribution in [0.2, 0.25) is 0 Å². The molecule has 2 aromatic carbocycles. The molecule has 1 aliphatic rings. The second-order valence-electron chi connectivity index (χ2n) is 8.73. The average molecular weight is 483 g/mol. The number of amides is 1. The molecule has 4 rings (SSSR count). The molecule has 0 atom stereocenters. The van der Waals surface area contributed by atoms with Gasteiger partial charge in [0.25, 0.3) is 21.5 Å². The molecule has 0 bridgehead atoms. The lowest BCUT2D eigenvalue weighted by molar-refractivity contribution is 0.0933. The highest BCUT2D eigenvalue weighted by Crippen LogP contribution is 2.20. The summed E-state index contributed by atoms with van der Waals surface area (Å²) in [4.78, 5) is 25.6. The van der Waals surface area contributed by atoms with E-state index >= 15 is 0 Å². The van der Waals surface area contributed by atoms with E-state index in [1.165, 1.54) is 41.8 Å². The van der Waals surface area contributed by atoms with Crippen LogP contribution >= 0.6 is 0 Å². The Labute approximate surface area is 199 Å².